The smallest absolute Gasteiger partial charge is 0.433 e. The van der Waals surface area contributed by atoms with E-state index in [1.54, 1.807) is 9.80 Å². The average molecular weight is 364 g/mol. The van der Waals surface area contributed by atoms with Crippen LogP contribution in [0.5, 0.6) is 0 Å². The zero-order chi connectivity index (χ0) is 18.3. The predicted molar refractivity (Wildman–Crippen MR) is 86.9 cm³/mol. The molecule has 2 aliphatic rings. The van der Waals surface area contributed by atoms with Crippen LogP contribution < -0.4 is 9.80 Å². The molecule has 0 saturated carbocycles. The van der Waals surface area contributed by atoms with Crippen molar-refractivity contribution in [1.29, 1.82) is 0 Å². The Bertz CT molecular complexity index is 856. The molecule has 0 bridgehead atoms. The maximum absolute atomic E-state index is 12.9. The van der Waals surface area contributed by atoms with E-state index in [0.717, 1.165) is 29.1 Å². The van der Waals surface area contributed by atoms with E-state index in [-0.39, 0.29) is 12.0 Å². The van der Waals surface area contributed by atoms with Crippen LogP contribution in [0.2, 0.25) is 0 Å². The first kappa shape index (κ1) is 16.6. The standard InChI is InChI=1S/C17H15F3N4O2/c18-17(19,20)14-4-6-21-15(22-14)23-7-5-12-11(10-23)2-1-3-13(12)24-8-9-26-16(24)25/h1-4,6H,5,7-10H2. The molecule has 0 aliphatic carbocycles. The minimum Gasteiger partial charge on any atom is -0.447 e. The molecule has 9 heteroatoms. The van der Waals surface area contributed by atoms with Gasteiger partial charge in [0.25, 0.3) is 0 Å². The highest BCUT2D eigenvalue weighted by molar-refractivity contribution is 5.90. The van der Waals surface area contributed by atoms with Gasteiger partial charge in [-0.25, -0.2) is 14.8 Å². The molecule has 1 amide bonds. The third kappa shape index (κ3) is 2.93. The number of halogens is 3. The number of alkyl halides is 3. The summed E-state index contributed by atoms with van der Waals surface area (Å²) in [6.07, 6.45) is -3.18. The molecule has 4 rings (SSSR count). The van der Waals surface area contributed by atoms with Gasteiger partial charge in [0.1, 0.15) is 12.3 Å². The highest BCUT2D eigenvalue weighted by Crippen LogP contribution is 2.33. The van der Waals surface area contributed by atoms with E-state index in [2.05, 4.69) is 9.97 Å². The fraction of sp³-hybridized carbons (Fsp3) is 0.353. The highest BCUT2D eigenvalue weighted by Gasteiger charge is 2.34. The van der Waals surface area contributed by atoms with Crippen LogP contribution in [-0.4, -0.2) is 35.8 Å². The summed E-state index contributed by atoms with van der Waals surface area (Å²) < 4.78 is 43.6. The predicted octanol–water partition coefficient (Wildman–Crippen LogP) is 3.01. The molecular weight excluding hydrogens is 349 g/mol. The van der Waals surface area contributed by atoms with Crippen molar-refractivity contribution in [2.75, 3.05) is 29.5 Å². The highest BCUT2D eigenvalue weighted by atomic mass is 19.4. The van der Waals surface area contributed by atoms with Crippen LogP contribution in [-0.2, 0) is 23.9 Å². The Hall–Kier alpha value is -2.84. The van der Waals surface area contributed by atoms with Gasteiger partial charge in [-0.3, -0.25) is 4.90 Å². The van der Waals surface area contributed by atoms with Crippen molar-refractivity contribution in [2.24, 2.45) is 0 Å². The molecule has 0 spiro atoms. The van der Waals surface area contributed by atoms with Gasteiger partial charge >= 0.3 is 12.3 Å². The van der Waals surface area contributed by atoms with Crippen LogP contribution in [0.3, 0.4) is 0 Å². The molecule has 1 saturated heterocycles. The lowest BCUT2D eigenvalue weighted by Crippen LogP contribution is -2.34. The number of benzene rings is 1. The zero-order valence-corrected chi connectivity index (χ0v) is 13.7. The number of anilines is 2. The van der Waals surface area contributed by atoms with Gasteiger partial charge in [-0.15, -0.1) is 0 Å². The second-order valence-electron chi connectivity index (χ2n) is 6.09. The molecule has 0 radical (unpaired) electrons. The van der Waals surface area contributed by atoms with E-state index in [9.17, 15) is 18.0 Å². The first-order valence-corrected chi connectivity index (χ1v) is 8.14. The van der Waals surface area contributed by atoms with E-state index in [0.29, 0.717) is 32.7 Å². The summed E-state index contributed by atoms with van der Waals surface area (Å²) >= 11 is 0. The molecule has 0 atom stereocenters. The van der Waals surface area contributed by atoms with E-state index < -0.39 is 11.9 Å². The summed E-state index contributed by atoms with van der Waals surface area (Å²) in [6.45, 7) is 1.70. The molecule has 1 aromatic heterocycles. The number of ether oxygens (including phenoxy) is 1. The van der Waals surface area contributed by atoms with Gasteiger partial charge in [-0.2, -0.15) is 13.2 Å². The van der Waals surface area contributed by atoms with Crippen molar-refractivity contribution in [2.45, 2.75) is 19.1 Å². The summed E-state index contributed by atoms with van der Waals surface area (Å²) in [5, 5.41) is 0. The van der Waals surface area contributed by atoms with Gasteiger partial charge in [-0.1, -0.05) is 12.1 Å². The van der Waals surface area contributed by atoms with E-state index in [1.807, 2.05) is 18.2 Å². The van der Waals surface area contributed by atoms with Crippen molar-refractivity contribution >= 4 is 17.7 Å². The molecular formula is C17H15F3N4O2. The van der Waals surface area contributed by atoms with Crippen LogP contribution >= 0.6 is 0 Å². The minimum absolute atomic E-state index is 0.0523. The Balaban J connectivity index is 1.62. The number of fused-ring (bicyclic) bond motifs is 1. The summed E-state index contributed by atoms with van der Waals surface area (Å²) in [5.74, 6) is 0.0523. The van der Waals surface area contributed by atoms with E-state index in [4.69, 9.17) is 4.74 Å². The number of carbonyl (C=O) groups is 1. The zero-order valence-electron chi connectivity index (χ0n) is 13.7. The second-order valence-corrected chi connectivity index (χ2v) is 6.09. The fourth-order valence-electron chi connectivity index (χ4n) is 3.28. The molecule has 2 aromatic rings. The third-order valence-corrected chi connectivity index (χ3v) is 4.51. The number of cyclic esters (lactones) is 1. The Morgan fingerprint density at radius 1 is 1.15 bits per heavy atom. The maximum Gasteiger partial charge on any atom is 0.433 e. The molecule has 136 valence electrons. The molecule has 2 aliphatic heterocycles. The number of rotatable bonds is 2. The number of carbonyl (C=O) groups excluding carboxylic acids is 1. The van der Waals surface area contributed by atoms with Crippen molar-refractivity contribution < 1.29 is 22.7 Å². The fourth-order valence-corrected chi connectivity index (χ4v) is 3.28. The quantitative estimate of drug-likeness (QED) is 0.820. The summed E-state index contributed by atoms with van der Waals surface area (Å²) in [5.41, 5.74) is 1.79. The molecule has 0 unspecified atom stereocenters. The van der Waals surface area contributed by atoms with Crippen LogP contribution in [0.25, 0.3) is 0 Å². The van der Waals surface area contributed by atoms with E-state index in [1.165, 1.54) is 0 Å². The van der Waals surface area contributed by atoms with Gasteiger partial charge < -0.3 is 9.64 Å². The SMILES string of the molecule is O=C1OCCN1c1cccc2c1CCN(c1nccc(C(F)(F)F)n1)C2. The molecule has 1 aromatic carbocycles. The van der Waals surface area contributed by atoms with Crippen molar-refractivity contribution in [3.8, 4) is 0 Å². The van der Waals surface area contributed by atoms with Gasteiger partial charge in [0.15, 0.2) is 0 Å². The van der Waals surface area contributed by atoms with Crippen LogP contribution in [0.1, 0.15) is 16.8 Å². The lowest BCUT2D eigenvalue weighted by molar-refractivity contribution is -0.141. The molecule has 0 N–H and O–H groups in total. The summed E-state index contributed by atoms with van der Waals surface area (Å²) in [6, 6.07) is 6.45. The summed E-state index contributed by atoms with van der Waals surface area (Å²) in [7, 11) is 0. The summed E-state index contributed by atoms with van der Waals surface area (Å²) in [4.78, 5) is 22.8. The molecule has 3 heterocycles. The normalized spacial score (nSPS) is 17.3. The molecule has 1 fully saturated rings. The second kappa shape index (κ2) is 6.15. The Labute approximate surface area is 147 Å². The monoisotopic (exact) mass is 364 g/mol. The first-order valence-electron chi connectivity index (χ1n) is 8.14. The average Bonchev–Trinajstić information content (AvgIpc) is 3.06. The number of amides is 1. The Kier molecular flexibility index (Phi) is 3.93. The van der Waals surface area contributed by atoms with Gasteiger partial charge in [0.05, 0.1) is 12.2 Å². The Morgan fingerprint density at radius 2 is 2.00 bits per heavy atom. The topological polar surface area (TPSA) is 58.6 Å². The Morgan fingerprint density at radius 3 is 2.73 bits per heavy atom. The number of hydrogen-bond donors (Lipinski definition) is 0. The van der Waals surface area contributed by atoms with Gasteiger partial charge in [-0.05, 0) is 29.7 Å². The minimum atomic E-state index is -4.51. The maximum atomic E-state index is 12.9. The van der Waals surface area contributed by atoms with Crippen molar-refractivity contribution in [3.63, 3.8) is 0 Å². The van der Waals surface area contributed by atoms with Crippen LogP contribution in [0.15, 0.2) is 30.5 Å². The van der Waals surface area contributed by atoms with E-state index >= 15 is 0 Å². The lowest BCUT2D eigenvalue weighted by Gasteiger charge is -2.31. The first-order chi connectivity index (χ1) is 12.4. The van der Waals surface area contributed by atoms with Gasteiger partial charge in [0.2, 0.25) is 5.95 Å². The number of hydrogen-bond acceptors (Lipinski definition) is 5. The lowest BCUT2D eigenvalue weighted by atomic mass is 9.97. The van der Waals surface area contributed by atoms with Crippen molar-refractivity contribution in [3.05, 3.63) is 47.3 Å². The van der Waals surface area contributed by atoms with Gasteiger partial charge in [0, 0.05) is 19.3 Å². The molecule has 6 nitrogen and oxygen atoms in total. The van der Waals surface area contributed by atoms with Crippen molar-refractivity contribution in [1.82, 2.24) is 9.97 Å². The number of nitrogens with zero attached hydrogens (tertiary/aromatic N) is 4. The number of aromatic nitrogens is 2. The van der Waals surface area contributed by atoms with Crippen LogP contribution in [0.4, 0.5) is 29.6 Å². The largest absolute Gasteiger partial charge is 0.447 e. The van der Waals surface area contributed by atoms with Crippen LogP contribution in [0, 0.1) is 0 Å². The molecule has 26 heavy (non-hydrogen) atoms. The third-order valence-electron chi connectivity index (χ3n) is 4.51.